The Kier molecular flexibility index (Phi) is 6.67. The molecule has 3 rings (SSSR count). The van der Waals surface area contributed by atoms with Crippen molar-refractivity contribution in [3.63, 3.8) is 0 Å². The van der Waals surface area contributed by atoms with Crippen LogP contribution in [0.4, 0.5) is 0 Å². The van der Waals surface area contributed by atoms with Gasteiger partial charge >= 0.3 is 0 Å². The molecule has 28 heavy (non-hydrogen) atoms. The monoisotopic (exact) mass is 445 g/mol. The van der Waals surface area contributed by atoms with E-state index in [2.05, 4.69) is 5.32 Å². The number of morpholine rings is 1. The van der Waals surface area contributed by atoms with E-state index in [1.807, 2.05) is 6.07 Å². The van der Waals surface area contributed by atoms with Crippen LogP contribution >= 0.6 is 23.2 Å². The van der Waals surface area contributed by atoms with Gasteiger partial charge in [-0.1, -0.05) is 47.5 Å². The predicted molar refractivity (Wildman–Crippen MR) is 108 cm³/mol. The second-order valence-corrected chi connectivity index (χ2v) is 9.18. The van der Waals surface area contributed by atoms with E-state index in [1.54, 1.807) is 25.2 Å². The Morgan fingerprint density at radius 2 is 1.82 bits per heavy atom. The molecule has 10 heteroatoms. The Morgan fingerprint density at radius 3 is 2.43 bits per heavy atom. The fourth-order valence-corrected chi connectivity index (χ4v) is 4.95. The number of nitrogens with zero attached hydrogens (tertiary/aromatic N) is 2. The third kappa shape index (κ3) is 4.69. The summed E-state index contributed by atoms with van der Waals surface area (Å²) in [7, 11) is -1.81. The zero-order chi connectivity index (χ0) is 20.3. The predicted octanol–water partition coefficient (Wildman–Crippen LogP) is 2.42. The van der Waals surface area contributed by atoms with Crippen molar-refractivity contribution in [2.24, 2.45) is 7.05 Å². The van der Waals surface area contributed by atoms with Crippen molar-refractivity contribution in [3.8, 4) is 0 Å². The lowest BCUT2D eigenvalue weighted by atomic mass is 10.1. The number of rotatable bonds is 6. The number of nitrogens with one attached hydrogen (secondary N) is 1. The molecule has 1 amide bonds. The van der Waals surface area contributed by atoms with Gasteiger partial charge in [-0.05, 0) is 17.2 Å². The molecule has 0 unspecified atom stereocenters. The molecule has 1 aliphatic heterocycles. The number of halogens is 2. The lowest BCUT2D eigenvalue weighted by molar-refractivity contribution is 0.0729. The van der Waals surface area contributed by atoms with E-state index in [0.29, 0.717) is 42.6 Å². The molecule has 152 valence electrons. The minimum absolute atomic E-state index is 0.124. The molecule has 0 aliphatic carbocycles. The molecule has 1 N–H and O–H groups in total. The van der Waals surface area contributed by atoms with Crippen LogP contribution in [-0.4, -0.2) is 49.5 Å². The van der Waals surface area contributed by atoms with Crippen LogP contribution in [0.5, 0.6) is 0 Å². The Morgan fingerprint density at radius 1 is 1.18 bits per heavy atom. The highest BCUT2D eigenvalue weighted by atomic mass is 35.5. The van der Waals surface area contributed by atoms with E-state index in [9.17, 15) is 13.2 Å². The molecule has 2 heterocycles. The van der Waals surface area contributed by atoms with Crippen molar-refractivity contribution in [1.29, 1.82) is 0 Å². The molecule has 7 nitrogen and oxygen atoms in total. The first-order valence-electron chi connectivity index (χ1n) is 8.71. The van der Waals surface area contributed by atoms with Crippen LogP contribution in [-0.2, 0) is 34.1 Å². The van der Waals surface area contributed by atoms with Crippen LogP contribution in [0.15, 0.2) is 30.3 Å². The van der Waals surface area contributed by atoms with E-state index in [4.69, 9.17) is 27.9 Å². The smallest absolute Gasteiger partial charge is 0.268 e. The van der Waals surface area contributed by atoms with Crippen molar-refractivity contribution in [2.75, 3.05) is 26.3 Å². The summed E-state index contributed by atoms with van der Waals surface area (Å²) in [5.74, 6) is -0.469. The van der Waals surface area contributed by atoms with E-state index < -0.39 is 10.0 Å². The SMILES string of the molecule is Cn1c(C(=O)NCc2ccccc2CS(=O)(=O)N2CCOCC2)cc(Cl)c1Cl. The van der Waals surface area contributed by atoms with Crippen molar-refractivity contribution in [2.45, 2.75) is 12.3 Å². The first-order chi connectivity index (χ1) is 13.3. The molecule has 1 aromatic carbocycles. The number of carbonyl (C=O) groups is 1. The van der Waals surface area contributed by atoms with Gasteiger partial charge in [-0.2, -0.15) is 4.31 Å². The number of hydrogen-bond acceptors (Lipinski definition) is 4. The van der Waals surface area contributed by atoms with Gasteiger partial charge in [-0.15, -0.1) is 0 Å². The molecular weight excluding hydrogens is 425 g/mol. The maximum atomic E-state index is 12.7. The van der Waals surface area contributed by atoms with Crippen LogP contribution in [0.3, 0.4) is 0 Å². The van der Waals surface area contributed by atoms with Crippen molar-refractivity contribution >= 4 is 39.1 Å². The normalized spacial score (nSPS) is 15.5. The summed E-state index contributed by atoms with van der Waals surface area (Å²) in [6.07, 6.45) is 0. The van der Waals surface area contributed by atoms with Gasteiger partial charge in [0.2, 0.25) is 10.0 Å². The second kappa shape index (κ2) is 8.84. The van der Waals surface area contributed by atoms with Gasteiger partial charge in [0.15, 0.2) is 0 Å². The Bertz CT molecular complexity index is 969. The van der Waals surface area contributed by atoms with Crippen LogP contribution < -0.4 is 5.32 Å². The highest BCUT2D eigenvalue weighted by molar-refractivity contribution is 7.88. The first-order valence-corrected chi connectivity index (χ1v) is 11.1. The third-order valence-electron chi connectivity index (χ3n) is 4.61. The zero-order valence-electron chi connectivity index (χ0n) is 15.3. The van der Waals surface area contributed by atoms with Gasteiger partial charge in [0, 0.05) is 26.7 Å². The maximum Gasteiger partial charge on any atom is 0.268 e. The molecule has 1 aliphatic rings. The number of aromatic nitrogens is 1. The fraction of sp³-hybridized carbons (Fsp3) is 0.389. The van der Waals surface area contributed by atoms with E-state index in [1.165, 1.54) is 14.9 Å². The number of benzene rings is 1. The second-order valence-electron chi connectivity index (χ2n) is 6.45. The molecule has 1 saturated heterocycles. The quantitative estimate of drug-likeness (QED) is 0.739. The average Bonchev–Trinajstić information content (AvgIpc) is 2.95. The van der Waals surface area contributed by atoms with Crippen molar-refractivity contribution in [3.05, 3.63) is 57.3 Å². The Balaban J connectivity index is 1.71. The molecular formula is C18H21Cl2N3O4S. The number of amides is 1. The largest absolute Gasteiger partial charge is 0.379 e. The van der Waals surface area contributed by atoms with Gasteiger partial charge in [-0.3, -0.25) is 4.79 Å². The summed E-state index contributed by atoms with van der Waals surface area (Å²) < 4.78 is 33.6. The Labute approximate surface area is 174 Å². The summed E-state index contributed by atoms with van der Waals surface area (Å²) >= 11 is 12.0. The lowest BCUT2D eigenvalue weighted by Gasteiger charge is -2.26. The van der Waals surface area contributed by atoms with Gasteiger partial charge in [-0.25, -0.2) is 8.42 Å². The fourth-order valence-electron chi connectivity index (χ4n) is 3.01. The molecule has 1 fully saturated rings. The summed E-state index contributed by atoms with van der Waals surface area (Å²) in [6, 6.07) is 8.65. The maximum absolute atomic E-state index is 12.7. The van der Waals surface area contributed by atoms with E-state index >= 15 is 0 Å². The van der Waals surface area contributed by atoms with Crippen molar-refractivity contribution in [1.82, 2.24) is 14.2 Å². The molecule has 0 radical (unpaired) electrons. The van der Waals surface area contributed by atoms with Gasteiger partial charge in [0.25, 0.3) is 5.91 Å². The summed E-state index contributed by atoms with van der Waals surface area (Å²) in [5.41, 5.74) is 1.71. The highest BCUT2D eigenvalue weighted by Crippen LogP contribution is 2.25. The standard InChI is InChI=1S/C18H21Cl2N3O4S/c1-22-16(10-15(19)17(22)20)18(24)21-11-13-4-2-3-5-14(13)12-28(25,26)23-6-8-27-9-7-23/h2-5,10H,6-9,11-12H2,1H3,(H,21,24). The summed E-state index contributed by atoms with van der Waals surface area (Å²) in [4.78, 5) is 12.5. The molecule has 0 saturated carbocycles. The lowest BCUT2D eigenvalue weighted by Crippen LogP contribution is -2.41. The van der Waals surface area contributed by atoms with Crippen molar-refractivity contribution < 1.29 is 17.9 Å². The van der Waals surface area contributed by atoms with Crippen LogP contribution in [0, 0.1) is 0 Å². The summed E-state index contributed by atoms with van der Waals surface area (Å²) in [6.45, 7) is 1.71. The van der Waals surface area contributed by atoms with E-state index in [-0.39, 0.29) is 23.4 Å². The molecule has 0 spiro atoms. The van der Waals surface area contributed by atoms with Crippen LogP contribution in [0.25, 0.3) is 0 Å². The van der Waals surface area contributed by atoms with Gasteiger partial charge in [0.1, 0.15) is 10.8 Å². The third-order valence-corrected chi connectivity index (χ3v) is 7.28. The first kappa shape index (κ1) is 21.1. The topological polar surface area (TPSA) is 80.6 Å². The minimum atomic E-state index is -3.46. The van der Waals surface area contributed by atoms with Gasteiger partial charge < -0.3 is 14.6 Å². The summed E-state index contributed by atoms with van der Waals surface area (Å²) in [5, 5.41) is 3.38. The minimum Gasteiger partial charge on any atom is -0.379 e. The molecule has 1 aromatic heterocycles. The highest BCUT2D eigenvalue weighted by Gasteiger charge is 2.25. The molecule has 0 atom stereocenters. The van der Waals surface area contributed by atoms with Crippen LogP contribution in [0.2, 0.25) is 10.2 Å². The Hall–Kier alpha value is -1.58. The van der Waals surface area contributed by atoms with E-state index in [0.717, 1.165) is 5.56 Å². The number of carbonyl (C=O) groups excluding carboxylic acids is 1. The average molecular weight is 446 g/mol. The number of hydrogen-bond donors (Lipinski definition) is 1. The van der Waals surface area contributed by atoms with Gasteiger partial charge in [0.05, 0.1) is 24.0 Å². The zero-order valence-corrected chi connectivity index (χ0v) is 17.6. The van der Waals surface area contributed by atoms with Crippen LogP contribution in [0.1, 0.15) is 21.6 Å². The number of sulfonamides is 1. The molecule has 2 aromatic rings. The number of ether oxygens (including phenoxy) is 1. The molecule has 0 bridgehead atoms.